The van der Waals surface area contributed by atoms with Gasteiger partial charge in [0.15, 0.2) is 5.85 Å². The van der Waals surface area contributed by atoms with Crippen molar-refractivity contribution < 1.29 is 19.0 Å². The predicted octanol–water partition coefficient (Wildman–Crippen LogP) is 4.89. The Bertz CT molecular complexity index is 1200. The molecule has 1 amide bonds. The summed E-state index contributed by atoms with van der Waals surface area (Å²) in [6, 6.07) is 27.3. The second kappa shape index (κ2) is 12.0. The molecule has 0 bridgehead atoms. The first-order valence-corrected chi connectivity index (χ1v) is 13.3. The maximum atomic E-state index is 14.3. The molecule has 0 heterocycles. The lowest BCUT2D eigenvalue weighted by Gasteiger charge is -2.29. The van der Waals surface area contributed by atoms with Crippen molar-refractivity contribution in [2.45, 2.75) is 51.1 Å². The standard InChI is InChI=1S/C29H32NO4P/c1-29(2,3)30-28(32)26(21-19-23-13-7-4-8-14-23)34-35(33,25-17-11-6-12-18-25)27(31)22-20-24-15-9-5-10-16-24/h4-18,26-27,31H,19,21H2,1-3H3,(H,30,32). The molecule has 0 saturated heterocycles. The van der Waals surface area contributed by atoms with Crippen LogP contribution in [-0.2, 0) is 20.3 Å². The third-order valence-electron chi connectivity index (χ3n) is 5.17. The van der Waals surface area contributed by atoms with Gasteiger partial charge in [0.25, 0.3) is 7.37 Å². The maximum absolute atomic E-state index is 14.3. The van der Waals surface area contributed by atoms with Crippen LogP contribution in [0.1, 0.15) is 38.3 Å². The van der Waals surface area contributed by atoms with Crippen molar-refractivity contribution in [2.75, 3.05) is 0 Å². The van der Waals surface area contributed by atoms with Crippen molar-refractivity contribution in [3.05, 3.63) is 102 Å². The highest BCUT2D eigenvalue weighted by atomic mass is 31.2. The Labute approximate surface area is 208 Å². The van der Waals surface area contributed by atoms with E-state index in [9.17, 15) is 14.5 Å². The normalized spacial score (nSPS) is 14.6. The monoisotopic (exact) mass is 489 g/mol. The van der Waals surface area contributed by atoms with Gasteiger partial charge in [0, 0.05) is 16.4 Å². The van der Waals surface area contributed by atoms with Gasteiger partial charge in [0.1, 0.15) is 6.10 Å². The molecule has 3 aromatic rings. The van der Waals surface area contributed by atoms with Crippen LogP contribution < -0.4 is 10.6 Å². The summed E-state index contributed by atoms with van der Waals surface area (Å²) >= 11 is 0. The molecular weight excluding hydrogens is 457 g/mol. The van der Waals surface area contributed by atoms with Crippen LogP contribution in [0.5, 0.6) is 0 Å². The Morgan fingerprint density at radius 2 is 1.49 bits per heavy atom. The molecule has 182 valence electrons. The third-order valence-corrected chi connectivity index (χ3v) is 7.53. The summed E-state index contributed by atoms with van der Waals surface area (Å²) in [5, 5.41) is 14.3. The minimum absolute atomic E-state index is 0.293. The second-order valence-electron chi connectivity index (χ2n) is 9.30. The second-order valence-corrected chi connectivity index (χ2v) is 11.7. The largest absolute Gasteiger partial charge is 0.371 e. The molecule has 0 aliphatic carbocycles. The van der Waals surface area contributed by atoms with Crippen LogP contribution in [0, 0.1) is 11.8 Å². The number of carbonyl (C=O) groups excluding carboxylic acids is 1. The van der Waals surface area contributed by atoms with Crippen molar-refractivity contribution in [3.63, 3.8) is 0 Å². The minimum atomic E-state index is -3.98. The highest BCUT2D eigenvalue weighted by Gasteiger charge is 2.39. The number of aliphatic hydroxyl groups is 1. The molecule has 6 heteroatoms. The van der Waals surface area contributed by atoms with Gasteiger partial charge in [-0.1, -0.05) is 78.6 Å². The molecule has 0 radical (unpaired) electrons. The van der Waals surface area contributed by atoms with E-state index in [1.54, 1.807) is 42.5 Å². The van der Waals surface area contributed by atoms with E-state index in [4.69, 9.17) is 4.52 Å². The number of amides is 1. The summed E-state index contributed by atoms with van der Waals surface area (Å²) in [6.07, 6.45) is -0.209. The van der Waals surface area contributed by atoms with Crippen molar-refractivity contribution in [2.24, 2.45) is 0 Å². The first kappa shape index (κ1) is 26.4. The lowest BCUT2D eigenvalue weighted by molar-refractivity contribution is -0.129. The van der Waals surface area contributed by atoms with E-state index in [0.29, 0.717) is 23.7 Å². The first-order valence-electron chi connectivity index (χ1n) is 11.6. The van der Waals surface area contributed by atoms with Crippen LogP contribution in [-0.4, -0.2) is 28.5 Å². The summed E-state index contributed by atoms with van der Waals surface area (Å²) < 4.78 is 20.4. The molecule has 35 heavy (non-hydrogen) atoms. The highest BCUT2D eigenvalue weighted by molar-refractivity contribution is 7.67. The van der Waals surface area contributed by atoms with E-state index < -0.39 is 24.9 Å². The Balaban J connectivity index is 1.94. The molecule has 0 spiro atoms. The number of aliphatic hydroxyl groups excluding tert-OH is 1. The van der Waals surface area contributed by atoms with Crippen LogP contribution in [0.4, 0.5) is 0 Å². The summed E-state index contributed by atoms with van der Waals surface area (Å²) in [5.41, 5.74) is 1.20. The molecule has 3 unspecified atom stereocenters. The van der Waals surface area contributed by atoms with Gasteiger partial charge in [0.05, 0.1) is 0 Å². The topological polar surface area (TPSA) is 75.6 Å². The van der Waals surface area contributed by atoms with Crippen molar-refractivity contribution in [1.29, 1.82) is 0 Å². The van der Waals surface area contributed by atoms with E-state index in [2.05, 4.69) is 17.2 Å². The number of hydrogen-bond acceptors (Lipinski definition) is 4. The molecule has 3 rings (SSSR count). The molecule has 0 fully saturated rings. The quantitative estimate of drug-likeness (QED) is 0.349. The van der Waals surface area contributed by atoms with Gasteiger partial charge in [0.2, 0.25) is 5.91 Å². The number of carbonyl (C=O) groups is 1. The van der Waals surface area contributed by atoms with E-state index in [0.717, 1.165) is 5.56 Å². The van der Waals surface area contributed by atoms with Gasteiger partial charge in [-0.05, 0) is 63.4 Å². The zero-order chi connectivity index (χ0) is 25.3. The Morgan fingerprint density at radius 1 is 0.943 bits per heavy atom. The van der Waals surface area contributed by atoms with Crippen LogP contribution in [0.25, 0.3) is 0 Å². The number of nitrogens with one attached hydrogen (secondary N) is 1. The Kier molecular flexibility index (Phi) is 9.07. The number of aryl methyl sites for hydroxylation is 1. The summed E-state index contributed by atoms with van der Waals surface area (Å²) in [7, 11) is -3.98. The molecule has 0 aliphatic rings. The van der Waals surface area contributed by atoms with Gasteiger partial charge in [-0.2, -0.15) is 0 Å². The summed E-state index contributed by atoms with van der Waals surface area (Å²) in [6.45, 7) is 5.61. The van der Waals surface area contributed by atoms with Crippen molar-refractivity contribution in [3.8, 4) is 11.8 Å². The fourth-order valence-corrected chi connectivity index (χ4v) is 5.38. The van der Waals surface area contributed by atoms with E-state index in [-0.39, 0.29) is 5.91 Å². The number of benzene rings is 3. The van der Waals surface area contributed by atoms with E-state index in [1.807, 2.05) is 69.3 Å². The van der Waals surface area contributed by atoms with Crippen LogP contribution in [0.2, 0.25) is 0 Å². The lowest BCUT2D eigenvalue weighted by Crippen LogP contribution is -2.47. The van der Waals surface area contributed by atoms with Crippen LogP contribution >= 0.6 is 7.37 Å². The molecule has 5 nitrogen and oxygen atoms in total. The first-order chi connectivity index (χ1) is 16.7. The fraction of sp³-hybridized carbons (Fsp3) is 0.276. The van der Waals surface area contributed by atoms with Crippen molar-refractivity contribution in [1.82, 2.24) is 5.32 Å². The summed E-state index contributed by atoms with van der Waals surface area (Å²) in [5.74, 6) is 3.57. The van der Waals surface area contributed by atoms with Gasteiger partial charge < -0.3 is 14.9 Å². The molecule has 0 saturated carbocycles. The zero-order valence-corrected chi connectivity index (χ0v) is 21.2. The van der Waals surface area contributed by atoms with Crippen molar-refractivity contribution >= 4 is 18.6 Å². The van der Waals surface area contributed by atoms with E-state index >= 15 is 0 Å². The SMILES string of the molecule is CC(C)(C)NC(=O)C(CCc1ccccc1)OP(=O)(c1ccccc1)C(O)C#Cc1ccccc1. The van der Waals surface area contributed by atoms with Gasteiger partial charge in [-0.15, -0.1) is 0 Å². The predicted molar refractivity (Wildman–Crippen MR) is 141 cm³/mol. The smallest absolute Gasteiger partial charge is 0.272 e. The molecule has 3 atom stereocenters. The molecule has 3 aromatic carbocycles. The third kappa shape index (κ3) is 7.94. The van der Waals surface area contributed by atoms with Gasteiger partial charge in [-0.3, -0.25) is 9.36 Å². The zero-order valence-electron chi connectivity index (χ0n) is 20.3. The molecule has 0 aromatic heterocycles. The molecular formula is C29H32NO4P. The Hall–Kier alpha value is -3.16. The fourth-order valence-electron chi connectivity index (χ4n) is 3.46. The summed E-state index contributed by atoms with van der Waals surface area (Å²) in [4.78, 5) is 13.2. The van der Waals surface area contributed by atoms with Gasteiger partial charge in [-0.25, -0.2) is 0 Å². The number of hydrogen-bond donors (Lipinski definition) is 2. The molecule has 2 N–H and O–H groups in total. The average Bonchev–Trinajstić information content (AvgIpc) is 2.85. The Morgan fingerprint density at radius 3 is 2.06 bits per heavy atom. The lowest BCUT2D eigenvalue weighted by atomic mass is 10.0. The average molecular weight is 490 g/mol. The van der Waals surface area contributed by atoms with Crippen LogP contribution in [0.3, 0.4) is 0 Å². The number of rotatable bonds is 8. The van der Waals surface area contributed by atoms with Gasteiger partial charge >= 0.3 is 0 Å². The maximum Gasteiger partial charge on any atom is 0.272 e. The van der Waals surface area contributed by atoms with Crippen LogP contribution in [0.15, 0.2) is 91.0 Å². The van der Waals surface area contributed by atoms with E-state index in [1.165, 1.54) is 0 Å². The minimum Gasteiger partial charge on any atom is -0.371 e. The highest BCUT2D eigenvalue weighted by Crippen LogP contribution is 2.51. The molecule has 0 aliphatic heterocycles.